The molecule has 0 aliphatic carbocycles. The Kier molecular flexibility index (Phi) is 3.30. The Morgan fingerprint density at radius 1 is 1.56 bits per heavy atom. The number of nitrogens with two attached hydrogens (primary N) is 1. The maximum atomic E-state index is 5.84. The van der Waals surface area contributed by atoms with Gasteiger partial charge >= 0.3 is 0 Å². The van der Waals surface area contributed by atoms with Crippen LogP contribution in [0.5, 0.6) is 0 Å². The van der Waals surface area contributed by atoms with E-state index in [2.05, 4.69) is 37.1 Å². The van der Waals surface area contributed by atoms with Gasteiger partial charge in [-0.3, -0.25) is 9.58 Å². The van der Waals surface area contributed by atoms with Crippen molar-refractivity contribution >= 4 is 0 Å². The highest BCUT2D eigenvalue weighted by Gasteiger charge is 2.32. The first kappa shape index (κ1) is 11.6. The minimum absolute atomic E-state index is 0.428. The van der Waals surface area contributed by atoms with E-state index in [1.165, 1.54) is 12.0 Å². The van der Waals surface area contributed by atoms with Gasteiger partial charge in [-0.2, -0.15) is 5.10 Å². The summed E-state index contributed by atoms with van der Waals surface area (Å²) in [6, 6.07) is 0.884. The zero-order chi connectivity index (χ0) is 11.7. The lowest BCUT2D eigenvalue weighted by Gasteiger charge is -2.22. The molecule has 1 aromatic heterocycles. The maximum Gasteiger partial charge on any atom is 0.0537 e. The Morgan fingerprint density at radius 3 is 2.88 bits per heavy atom. The van der Waals surface area contributed by atoms with Crippen LogP contribution < -0.4 is 5.73 Å². The van der Waals surface area contributed by atoms with Gasteiger partial charge in [0.2, 0.25) is 0 Å². The average molecular weight is 222 g/mol. The van der Waals surface area contributed by atoms with Gasteiger partial charge in [-0.1, -0.05) is 0 Å². The number of hydrogen-bond donors (Lipinski definition) is 1. The number of nitrogens with zero attached hydrogens (tertiary/aromatic N) is 3. The van der Waals surface area contributed by atoms with Gasteiger partial charge < -0.3 is 5.73 Å². The topological polar surface area (TPSA) is 47.1 Å². The minimum atomic E-state index is 0.428. The van der Waals surface area contributed by atoms with Gasteiger partial charge in [0.15, 0.2) is 0 Å². The standard InChI is InChI=1S/C12H22N4/c1-9(2)16-8-11(7-14-16)12-10(6-13)4-5-15(12)3/h7-10,12H,4-6,13H2,1-3H3. The van der Waals surface area contributed by atoms with Crippen molar-refractivity contribution in [1.82, 2.24) is 14.7 Å². The van der Waals surface area contributed by atoms with E-state index in [1.807, 2.05) is 10.9 Å². The minimum Gasteiger partial charge on any atom is -0.330 e. The normalized spacial score (nSPS) is 26.8. The maximum absolute atomic E-state index is 5.84. The van der Waals surface area contributed by atoms with Crippen LogP contribution in [-0.4, -0.2) is 34.8 Å². The van der Waals surface area contributed by atoms with Crippen molar-refractivity contribution in [2.24, 2.45) is 11.7 Å². The van der Waals surface area contributed by atoms with Crippen LogP contribution in [0.15, 0.2) is 12.4 Å². The lowest BCUT2D eigenvalue weighted by atomic mass is 9.96. The monoisotopic (exact) mass is 222 g/mol. The largest absolute Gasteiger partial charge is 0.330 e. The lowest BCUT2D eigenvalue weighted by molar-refractivity contribution is 0.279. The second kappa shape index (κ2) is 4.55. The zero-order valence-electron chi connectivity index (χ0n) is 10.4. The van der Waals surface area contributed by atoms with E-state index >= 15 is 0 Å². The van der Waals surface area contributed by atoms with E-state index in [9.17, 15) is 0 Å². The van der Waals surface area contributed by atoms with Crippen LogP contribution in [-0.2, 0) is 0 Å². The summed E-state index contributed by atoms with van der Waals surface area (Å²) in [5.41, 5.74) is 7.15. The number of rotatable bonds is 3. The number of aromatic nitrogens is 2. The Labute approximate surface area is 97.4 Å². The summed E-state index contributed by atoms with van der Waals surface area (Å²) in [6.07, 6.45) is 5.36. The van der Waals surface area contributed by atoms with Gasteiger partial charge in [0, 0.05) is 23.8 Å². The van der Waals surface area contributed by atoms with Crippen LogP contribution in [0.4, 0.5) is 0 Å². The summed E-state index contributed by atoms with van der Waals surface area (Å²) >= 11 is 0. The van der Waals surface area contributed by atoms with Crippen LogP contribution >= 0.6 is 0 Å². The molecule has 1 aliphatic rings. The molecule has 4 heteroatoms. The van der Waals surface area contributed by atoms with Gasteiger partial charge in [0.05, 0.1) is 6.20 Å². The second-order valence-corrected chi connectivity index (χ2v) is 5.06. The molecule has 0 radical (unpaired) electrons. The smallest absolute Gasteiger partial charge is 0.0537 e. The highest BCUT2D eigenvalue weighted by molar-refractivity contribution is 5.14. The molecule has 1 saturated heterocycles. The summed E-state index contributed by atoms with van der Waals surface area (Å²) in [6.45, 7) is 6.20. The molecule has 16 heavy (non-hydrogen) atoms. The van der Waals surface area contributed by atoms with Crippen LogP contribution in [0.1, 0.15) is 37.9 Å². The Morgan fingerprint density at radius 2 is 2.31 bits per heavy atom. The van der Waals surface area contributed by atoms with Gasteiger partial charge in [-0.15, -0.1) is 0 Å². The van der Waals surface area contributed by atoms with E-state index in [0.717, 1.165) is 13.1 Å². The average Bonchev–Trinajstić information content (AvgIpc) is 2.83. The van der Waals surface area contributed by atoms with E-state index in [0.29, 0.717) is 18.0 Å². The molecular formula is C12H22N4. The summed E-state index contributed by atoms with van der Waals surface area (Å²) in [7, 11) is 2.17. The fraction of sp³-hybridized carbons (Fsp3) is 0.750. The van der Waals surface area contributed by atoms with Gasteiger partial charge in [-0.05, 0) is 46.3 Å². The van der Waals surface area contributed by atoms with Gasteiger partial charge in [-0.25, -0.2) is 0 Å². The van der Waals surface area contributed by atoms with Crippen LogP contribution in [0.3, 0.4) is 0 Å². The highest BCUT2D eigenvalue weighted by Crippen LogP contribution is 2.35. The molecule has 90 valence electrons. The first-order chi connectivity index (χ1) is 7.63. The molecule has 0 saturated carbocycles. The third kappa shape index (κ3) is 1.99. The van der Waals surface area contributed by atoms with E-state index < -0.39 is 0 Å². The van der Waals surface area contributed by atoms with Crippen molar-refractivity contribution in [2.45, 2.75) is 32.4 Å². The summed E-state index contributed by atoms with van der Waals surface area (Å²) in [5.74, 6) is 0.579. The van der Waals surface area contributed by atoms with Crippen molar-refractivity contribution in [3.63, 3.8) is 0 Å². The van der Waals surface area contributed by atoms with E-state index in [-0.39, 0.29) is 0 Å². The Hall–Kier alpha value is -0.870. The fourth-order valence-corrected chi connectivity index (χ4v) is 2.59. The van der Waals surface area contributed by atoms with Gasteiger partial charge in [0.1, 0.15) is 0 Å². The molecule has 4 nitrogen and oxygen atoms in total. The third-order valence-corrected chi connectivity index (χ3v) is 3.57. The Balaban J connectivity index is 2.21. The third-order valence-electron chi connectivity index (χ3n) is 3.57. The molecule has 1 fully saturated rings. The molecule has 2 rings (SSSR count). The van der Waals surface area contributed by atoms with Crippen LogP contribution in [0.2, 0.25) is 0 Å². The molecule has 0 amide bonds. The first-order valence-electron chi connectivity index (χ1n) is 6.08. The van der Waals surface area contributed by atoms with Crippen molar-refractivity contribution < 1.29 is 0 Å². The SMILES string of the molecule is CC(C)n1cc(C2C(CN)CCN2C)cn1. The van der Waals surface area contributed by atoms with Crippen molar-refractivity contribution in [3.05, 3.63) is 18.0 Å². The number of hydrogen-bond acceptors (Lipinski definition) is 3. The lowest BCUT2D eigenvalue weighted by Crippen LogP contribution is -2.24. The highest BCUT2D eigenvalue weighted by atomic mass is 15.3. The Bertz CT molecular complexity index is 345. The molecule has 1 aromatic rings. The molecule has 1 aliphatic heterocycles. The number of likely N-dealkylation sites (tertiary alicyclic amines) is 1. The molecule has 2 atom stereocenters. The molecule has 2 unspecified atom stereocenters. The zero-order valence-corrected chi connectivity index (χ0v) is 10.4. The predicted octanol–water partition coefficient (Wildman–Crippen LogP) is 1.42. The van der Waals surface area contributed by atoms with Crippen molar-refractivity contribution in [2.75, 3.05) is 20.1 Å². The van der Waals surface area contributed by atoms with Crippen LogP contribution in [0, 0.1) is 5.92 Å². The second-order valence-electron chi connectivity index (χ2n) is 5.06. The van der Waals surface area contributed by atoms with Crippen molar-refractivity contribution in [1.29, 1.82) is 0 Å². The molecular weight excluding hydrogens is 200 g/mol. The summed E-state index contributed by atoms with van der Waals surface area (Å²) in [4.78, 5) is 2.39. The molecule has 0 bridgehead atoms. The first-order valence-corrected chi connectivity index (χ1v) is 6.08. The molecule has 0 spiro atoms. The van der Waals surface area contributed by atoms with E-state index in [4.69, 9.17) is 5.73 Å². The summed E-state index contributed by atoms with van der Waals surface area (Å²) < 4.78 is 2.02. The molecule has 0 aromatic carbocycles. The quantitative estimate of drug-likeness (QED) is 0.841. The summed E-state index contributed by atoms with van der Waals surface area (Å²) in [5, 5.41) is 4.41. The van der Waals surface area contributed by atoms with Crippen LogP contribution in [0.25, 0.3) is 0 Å². The van der Waals surface area contributed by atoms with Crippen molar-refractivity contribution in [3.8, 4) is 0 Å². The fourth-order valence-electron chi connectivity index (χ4n) is 2.59. The van der Waals surface area contributed by atoms with Gasteiger partial charge in [0.25, 0.3) is 0 Å². The van der Waals surface area contributed by atoms with E-state index in [1.54, 1.807) is 0 Å². The molecule has 2 heterocycles. The molecule has 2 N–H and O–H groups in total. The predicted molar refractivity (Wildman–Crippen MR) is 65.1 cm³/mol.